The van der Waals surface area contributed by atoms with Crippen LogP contribution in [0, 0.1) is 5.41 Å². The van der Waals surface area contributed by atoms with Crippen molar-refractivity contribution in [1.29, 1.82) is 0 Å². The Morgan fingerprint density at radius 3 is 2.38 bits per heavy atom. The van der Waals surface area contributed by atoms with Gasteiger partial charge in [-0.2, -0.15) is 0 Å². The summed E-state index contributed by atoms with van der Waals surface area (Å²) in [4.78, 5) is 17.3. The second kappa shape index (κ2) is 10.5. The van der Waals surface area contributed by atoms with Crippen LogP contribution in [0.5, 0.6) is 0 Å². The first-order chi connectivity index (χ1) is 9.82. The van der Waals surface area contributed by atoms with Crippen LogP contribution in [0.4, 0.5) is 0 Å². The van der Waals surface area contributed by atoms with Gasteiger partial charge in [-0.05, 0) is 11.8 Å². The Bertz CT molecular complexity index is 324. The lowest BCUT2D eigenvalue weighted by atomic mass is 9.87. The fourth-order valence-electron chi connectivity index (χ4n) is 2.00. The van der Waals surface area contributed by atoms with Crippen molar-refractivity contribution in [1.82, 2.24) is 15.5 Å². The molecular formula is C16H34N4O. The van der Waals surface area contributed by atoms with Crippen LogP contribution in [-0.2, 0) is 4.79 Å². The van der Waals surface area contributed by atoms with E-state index in [1.807, 2.05) is 0 Å². The first-order valence-corrected chi connectivity index (χ1v) is 7.97. The van der Waals surface area contributed by atoms with Crippen LogP contribution in [0.2, 0.25) is 0 Å². The summed E-state index contributed by atoms with van der Waals surface area (Å²) in [5, 5.41) is 6.54. The zero-order valence-electron chi connectivity index (χ0n) is 14.8. The highest BCUT2D eigenvalue weighted by molar-refractivity contribution is 5.81. The monoisotopic (exact) mass is 298 g/mol. The summed E-state index contributed by atoms with van der Waals surface area (Å²) < 4.78 is 0. The van der Waals surface area contributed by atoms with E-state index in [2.05, 4.69) is 36.4 Å². The topological polar surface area (TPSA) is 56.7 Å². The Morgan fingerprint density at radius 2 is 1.86 bits per heavy atom. The minimum Gasteiger partial charge on any atom is -0.356 e. The van der Waals surface area contributed by atoms with Crippen molar-refractivity contribution >= 4 is 11.9 Å². The molecule has 0 aromatic carbocycles. The van der Waals surface area contributed by atoms with Gasteiger partial charge in [-0.3, -0.25) is 9.79 Å². The molecule has 124 valence electrons. The highest BCUT2D eigenvalue weighted by Crippen LogP contribution is 2.22. The van der Waals surface area contributed by atoms with Crippen LogP contribution < -0.4 is 10.6 Å². The first kappa shape index (κ1) is 19.7. The molecule has 0 saturated heterocycles. The van der Waals surface area contributed by atoms with Crippen LogP contribution in [0.25, 0.3) is 0 Å². The highest BCUT2D eigenvalue weighted by atomic mass is 16.2. The molecule has 21 heavy (non-hydrogen) atoms. The largest absolute Gasteiger partial charge is 0.356 e. The molecule has 0 rings (SSSR count). The van der Waals surface area contributed by atoms with Crippen molar-refractivity contribution in [3.05, 3.63) is 0 Å². The third kappa shape index (κ3) is 10.2. The molecule has 0 radical (unpaired) electrons. The van der Waals surface area contributed by atoms with Crippen LogP contribution >= 0.6 is 0 Å². The SMILES string of the molecule is CCCCCC(C)(C)CNC(=NC)NCCC(=O)N(C)C. The predicted molar refractivity (Wildman–Crippen MR) is 90.6 cm³/mol. The van der Waals surface area contributed by atoms with Gasteiger partial charge in [-0.15, -0.1) is 0 Å². The fourth-order valence-corrected chi connectivity index (χ4v) is 2.00. The standard InChI is InChI=1S/C16H34N4O/c1-7-8-9-11-16(2,3)13-19-15(17-4)18-12-10-14(21)20(5)6/h7-13H2,1-6H3,(H2,17,18,19). The average molecular weight is 298 g/mol. The summed E-state index contributed by atoms with van der Waals surface area (Å²) in [5.74, 6) is 0.892. The van der Waals surface area contributed by atoms with E-state index in [4.69, 9.17) is 0 Å². The Morgan fingerprint density at radius 1 is 1.19 bits per heavy atom. The van der Waals surface area contributed by atoms with Crippen molar-refractivity contribution in [3.63, 3.8) is 0 Å². The lowest BCUT2D eigenvalue weighted by Gasteiger charge is -2.26. The van der Waals surface area contributed by atoms with Crippen molar-refractivity contribution in [3.8, 4) is 0 Å². The number of hydrogen-bond acceptors (Lipinski definition) is 2. The molecule has 0 fully saturated rings. The van der Waals surface area contributed by atoms with Gasteiger partial charge in [0.05, 0.1) is 0 Å². The molecule has 0 heterocycles. The zero-order valence-corrected chi connectivity index (χ0v) is 14.8. The zero-order chi connectivity index (χ0) is 16.3. The van der Waals surface area contributed by atoms with Crippen molar-refractivity contribution < 1.29 is 4.79 Å². The van der Waals surface area contributed by atoms with E-state index in [9.17, 15) is 4.79 Å². The number of unbranched alkanes of at least 4 members (excludes halogenated alkanes) is 2. The maximum Gasteiger partial charge on any atom is 0.223 e. The summed E-state index contributed by atoms with van der Waals surface area (Å²) in [7, 11) is 5.30. The summed E-state index contributed by atoms with van der Waals surface area (Å²) in [5.41, 5.74) is 0.256. The third-order valence-corrected chi connectivity index (χ3v) is 3.55. The second-order valence-corrected chi connectivity index (χ2v) is 6.51. The van der Waals surface area contributed by atoms with Gasteiger partial charge in [-0.1, -0.05) is 40.0 Å². The van der Waals surface area contributed by atoms with E-state index in [-0.39, 0.29) is 11.3 Å². The van der Waals surface area contributed by atoms with Gasteiger partial charge in [-0.25, -0.2) is 0 Å². The van der Waals surface area contributed by atoms with Crippen LogP contribution in [0.1, 0.15) is 52.9 Å². The van der Waals surface area contributed by atoms with Gasteiger partial charge in [0, 0.05) is 40.7 Å². The van der Waals surface area contributed by atoms with E-state index in [1.165, 1.54) is 25.7 Å². The Balaban J connectivity index is 4.01. The smallest absolute Gasteiger partial charge is 0.223 e. The summed E-state index contributed by atoms with van der Waals surface area (Å²) in [6, 6.07) is 0. The van der Waals surface area contributed by atoms with E-state index in [0.717, 1.165) is 12.5 Å². The molecule has 0 aromatic rings. The average Bonchev–Trinajstić information content (AvgIpc) is 2.42. The highest BCUT2D eigenvalue weighted by Gasteiger charge is 2.17. The van der Waals surface area contributed by atoms with Crippen LogP contribution in [0.15, 0.2) is 4.99 Å². The molecule has 0 aliphatic heterocycles. The first-order valence-electron chi connectivity index (χ1n) is 7.97. The van der Waals surface area contributed by atoms with Crippen LogP contribution in [-0.4, -0.2) is 51.0 Å². The van der Waals surface area contributed by atoms with Crippen LogP contribution in [0.3, 0.4) is 0 Å². The molecule has 0 atom stereocenters. The van der Waals surface area contributed by atoms with Gasteiger partial charge in [0.2, 0.25) is 5.91 Å². The molecule has 0 unspecified atom stereocenters. The summed E-state index contributed by atoms with van der Waals surface area (Å²) in [6.07, 6.45) is 5.52. The maximum absolute atomic E-state index is 11.5. The minimum absolute atomic E-state index is 0.123. The number of guanidine groups is 1. The molecule has 0 aromatic heterocycles. The normalized spacial score (nSPS) is 12.2. The number of carbonyl (C=O) groups is 1. The maximum atomic E-state index is 11.5. The number of amides is 1. The predicted octanol–water partition coefficient (Wildman–Crippen LogP) is 2.24. The third-order valence-electron chi connectivity index (χ3n) is 3.55. The van der Waals surface area contributed by atoms with E-state index in [1.54, 1.807) is 26.0 Å². The van der Waals surface area contributed by atoms with Crippen molar-refractivity contribution in [2.24, 2.45) is 10.4 Å². The Labute approximate surface area is 130 Å². The van der Waals surface area contributed by atoms with Crippen molar-refractivity contribution in [2.75, 3.05) is 34.2 Å². The van der Waals surface area contributed by atoms with Gasteiger partial charge < -0.3 is 15.5 Å². The van der Waals surface area contributed by atoms with Crippen molar-refractivity contribution in [2.45, 2.75) is 52.9 Å². The molecule has 0 aliphatic rings. The van der Waals surface area contributed by atoms with Gasteiger partial charge >= 0.3 is 0 Å². The van der Waals surface area contributed by atoms with E-state index >= 15 is 0 Å². The number of aliphatic imine (C=N–C) groups is 1. The van der Waals surface area contributed by atoms with E-state index < -0.39 is 0 Å². The quantitative estimate of drug-likeness (QED) is 0.390. The number of carbonyl (C=O) groups excluding carboxylic acids is 1. The molecule has 1 amide bonds. The molecule has 0 spiro atoms. The van der Waals surface area contributed by atoms with E-state index in [0.29, 0.717) is 13.0 Å². The minimum atomic E-state index is 0.123. The van der Waals surface area contributed by atoms with Gasteiger partial charge in [0.15, 0.2) is 5.96 Å². The molecule has 0 aliphatic carbocycles. The molecule has 5 heteroatoms. The second-order valence-electron chi connectivity index (χ2n) is 6.51. The Kier molecular flexibility index (Phi) is 9.84. The molecule has 2 N–H and O–H groups in total. The number of hydrogen-bond donors (Lipinski definition) is 2. The fraction of sp³-hybridized carbons (Fsp3) is 0.875. The lowest BCUT2D eigenvalue weighted by molar-refractivity contribution is -0.128. The summed E-state index contributed by atoms with van der Waals surface area (Å²) in [6.45, 7) is 8.27. The summed E-state index contributed by atoms with van der Waals surface area (Å²) >= 11 is 0. The lowest BCUT2D eigenvalue weighted by Crippen LogP contribution is -2.43. The molecular weight excluding hydrogens is 264 g/mol. The number of nitrogens with zero attached hydrogens (tertiary/aromatic N) is 2. The van der Waals surface area contributed by atoms with Gasteiger partial charge in [0.25, 0.3) is 0 Å². The molecule has 0 bridgehead atoms. The number of nitrogens with one attached hydrogen (secondary N) is 2. The molecule has 5 nitrogen and oxygen atoms in total. The Hall–Kier alpha value is -1.26. The molecule has 0 saturated carbocycles. The number of rotatable bonds is 9. The van der Waals surface area contributed by atoms with Gasteiger partial charge in [0.1, 0.15) is 0 Å².